The van der Waals surface area contributed by atoms with Crippen molar-refractivity contribution in [2.45, 2.75) is 6.92 Å². The summed E-state index contributed by atoms with van der Waals surface area (Å²) < 4.78 is 7.16. The molecule has 0 saturated heterocycles. The molecule has 0 spiro atoms. The minimum atomic E-state index is 0.657. The standard InChI is InChI=1S/C14H14N2O/c1-3-17-9-7-11-4-5-12(10-15)14-13(11)6-8-16(14)2/h4-9H,3H2,1-2H3/b9-7+. The molecule has 2 aromatic rings. The van der Waals surface area contributed by atoms with Gasteiger partial charge in [0.15, 0.2) is 0 Å². The first-order valence-electron chi connectivity index (χ1n) is 5.54. The van der Waals surface area contributed by atoms with Gasteiger partial charge >= 0.3 is 0 Å². The van der Waals surface area contributed by atoms with Crippen molar-refractivity contribution >= 4 is 17.0 Å². The molecule has 0 radical (unpaired) electrons. The monoisotopic (exact) mass is 226 g/mol. The number of hydrogen-bond donors (Lipinski definition) is 0. The number of aryl methyl sites for hydroxylation is 1. The molecule has 0 N–H and O–H groups in total. The molecule has 0 aliphatic heterocycles. The van der Waals surface area contributed by atoms with Crippen LogP contribution in [0.25, 0.3) is 17.0 Å². The lowest BCUT2D eigenvalue weighted by molar-refractivity contribution is 0.272. The highest BCUT2D eigenvalue weighted by molar-refractivity contribution is 5.92. The molecule has 1 heterocycles. The van der Waals surface area contributed by atoms with E-state index < -0.39 is 0 Å². The van der Waals surface area contributed by atoms with Crippen LogP contribution in [-0.4, -0.2) is 11.2 Å². The van der Waals surface area contributed by atoms with Gasteiger partial charge in [0.2, 0.25) is 0 Å². The maximum absolute atomic E-state index is 9.08. The van der Waals surface area contributed by atoms with E-state index >= 15 is 0 Å². The van der Waals surface area contributed by atoms with Gasteiger partial charge in [-0.3, -0.25) is 0 Å². The van der Waals surface area contributed by atoms with E-state index in [1.54, 1.807) is 6.26 Å². The van der Waals surface area contributed by atoms with E-state index in [1.165, 1.54) is 0 Å². The first-order chi connectivity index (χ1) is 8.27. The number of nitrogens with zero attached hydrogens (tertiary/aromatic N) is 2. The zero-order chi connectivity index (χ0) is 12.3. The van der Waals surface area contributed by atoms with Crippen molar-refractivity contribution in [1.82, 2.24) is 4.57 Å². The van der Waals surface area contributed by atoms with Crippen molar-refractivity contribution in [2.24, 2.45) is 7.05 Å². The molecule has 0 unspecified atom stereocenters. The Hall–Kier alpha value is -2.21. The maximum atomic E-state index is 9.08. The first-order valence-corrected chi connectivity index (χ1v) is 5.54. The molecule has 86 valence electrons. The maximum Gasteiger partial charge on any atom is 0.101 e. The number of fused-ring (bicyclic) bond motifs is 1. The number of nitriles is 1. The number of hydrogen-bond acceptors (Lipinski definition) is 2. The summed E-state index contributed by atoms with van der Waals surface area (Å²) in [7, 11) is 1.94. The number of rotatable bonds is 3. The van der Waals surface area contributed by atoms with Gasteiger partial charge in [-0.2, -0.15) is 5.26 Å². The molecule has 0 aliphatic carbocycles. The average molecular weight is 226 g/mol. The third-order valence-electron chi connectivity index (χ3n) is 2.70. The minimum Gasteiger partial charge on any atom is -0.501 e. The molecule has 1 aromatic carbocycles. The topological polar surface area (TPSA) is 37.9 Å². The lowest BCUT2D eigenvalue weighted by Crippen LogP contribution is -1.89. The van der Waals surface area contributed by atoms with Crippen molar-refractivity contribution in [1.29, 1.82) is 5.26 Å². The number of benzene rings is 1. The van der Waals surface area contributed by atoms with Gasteiger partial charge in [-0.05, 0) is 30.7 Å². The highest BCUT2D eigenvalue weighted by atomic mass is 16.5. The molecule has 3 heteroatoms. The molecular weight excluding hydrogens is 212 g/mol. The van der Waals surface area contributed by atoms with Crippen LogP contribution in [0.1, 0.15) is 18.1 Å². The molecule has 0 fully saturated rings. The second-order valence-corrected chi connectivity index (χ2v) is 3.76. The van der Waals surface area contributed by atoms with Crippen LogP contribution in [0.5, 0.6) is 0 Å². The van der Waals surface area contributed by atoms with E-state index in [2.05, 4.69) is 6.07 Å². The molecule has 0 aliphatic rings. The average Bonchev–Trinajstić information content (AvgIpc) is 2.73. The van der Waals surface area contributed by atoms with Crippen molar-refractivity contribution in [2.75, 3.05) is 6.61 Å². The van der Waals surface area contributed by atoms with E-state index in [1.807, 2.05) is 49.0 Å². The van der Waals surface area contributed by atoms with Crippen LogP contribution in [0.4, 0.5) is 0 Å². The summed E-state index contributed by atoms with van der Waals surface area (Å²) in [4.78, 5) is 0. The molecule has 3 nitrogen and oxygen atoms in total. The fourth-order valence-electron chi connectivity index (χ4n) is 1.89. The molecule has 0 amide bonds. The lowest BCUT2D eigenvalue weighted by atomic mass is 10.1. The molecule has 0 atom stereocenters. The second-order valence-electron chi connectivity index (χ2n) is 3.76. The van der Waals surface area contributed by atoms with Crippen LogP contribution >= 0.6 is 0 Å². The fourth-order valence-corrected chi connectivity index (χ4v) is 1.89. The normalized spacial score (nSPS) is 10.9. The van der Waals surface area contributed by atoms with Crippen LogP contribution in [-0.2, 0) is 11.8 Å². The summed E-state index contributed by atoms with van der Waals surface area (Å²) in [6, 6.07) is 8.01. The van der Waals surface area contributed by atoms with E-state index in [9.17, 15) is 0 Å². The Morgan fingerprint density at radius 2 is 2.24 bits per heavy atom. The Balaban J connectivity index is 2.57. The van der Waals surface area contributed by atoms with Gasteiger partial charge in [-0.15, -0.1) is 0 Å². The minimum absolute atomic E-state index is 0.657. The Morgan fingerprint density at radius 1 is 1.41 bits per heavy atom. The van der Waals surface area contributed by atoms with E-state index in [4.69, 9.17) is 10.00 Å². The smallest absolute Gasteiger partial charge is 0.101 e. The summed E-state index contributed by atoms with van der Waals surface area (Å²) in [6.07, 6.45) is 5.57. The largest absolute Gasteiger partial charge is 0.501 e. The number of ether oxygens (including phenoxy) is 1. The van der Waals surface area contributed by atoms with E-state index in [0.29, 0.717) is 12.2 Å². The molecule has 0 bridgehead atoms. The zero-order valence-corrected chi connectivity index (χ0v) is 9.97. The van der Waals surface area contributed by atoms with Gasteiger partial charge in [-0.25, -0.2) is 0 Å². The molecule has 2 rings (SSSR count). The van der Waals surface area contributed by atoms with E-state index in [-0.39, 0.29) is 0 Å². The molecular formula is C14H14N2O. The van der Waals surface area contributed by atoms with Crippen molar-refractivity contribution in [3.63, 3.8) is 0 Å². The quantitative estimate of drug-likeness (QED) is 0.754. The second kappa shape index (κ2) is 4.75. The van der Waals surface area contributed by atoms with Gasteiger partial charge in [-0.1, -0.05) is 6.07 Å². The fraction of sp³-hybridized carbons (Fsp3) is 0.214. The van der Waals surface area contributed by atoms with E-state index in [0.717, 1.165) is 16.5 Å². The number of aromatic nitrogens is 1. The van der Waals surface area contributed by atoms with Gasteiger partial charge in [0.05, 0.1) is 23.9 Å². The van der Waals surface area contributed by atoms with Crippen molar-refractivity contribution < 1.29 is 4.74 Å². The Bertz CT molecular complexity index is 602. The van der Waals surface area contributed by atoms with Crippen LogP contribution in [0, 0.1) is 11.3 Å². The van der Waals surface area contributed by atoms with Crippen LogP contribution in [0.2, 0.25) is 0 Å². The van der Waals surface area contributed by atoms with Crippen LogP contribution in [0.3, 0.4) is 0 Å². The predicted molar refractivity (Wildman–Crippen MR) is 68.3 cm³/mol. The molecule has 17 heavy (non-hydrogen) atoms. The highest BCUT2D eigenvalue weighted by Gasteiger charge is 2.07. The summed E-state index contributed by atoms with van der Waals surface area (Å²) in [6.45, 7) is 2.60. The Morgan fingerprint density at radius 3 is 2.94 bits per heavy atom. The Kier molecular flexibility index (Phi) is 3.15. The van der Waals surface area contributed by atoms with Crippen LogP contribution in [0.15, 0.2) is 30.7 Å². The summed E-state index contributed by atoms with van der Waals surface area (Å²) in [5.74, 6) is 0. The van der Waals surface area contributed by atoms with Crippen molar-refractivity contribution in [3.8, 4) is 6.07 Å². The van der Waals surface area contributed by atoms with Gasteiger partial charge < -0.3 is 9.30 Å². The summed E-state index contributed by atoms with van der Waals surface area (Å²) in [5.41, 5.74) is 2.72. The molecule has 1 aromatic heterocycles. The van der Waals surface area contributed by atoms with Gasteiger partial charge in [0, 0.05) is 18.6 Å². The predicted octanol–water partition coefficient (Wildman–Crippen LogP) is 3.06. The molecule has 0 saturated carbocycles. The Labute approximate surface area is 101 Å². The first kappa shape index (κ1) is 11.3. The van der Waals surface area contributed by atoms with Gasteiger partial charge in [0.1, 0.15) is 6.07 Å². The lowest BCUT2D eigenvalue weighted by Gasteiger charge is -2.02. The van der Waals surface area contributed by atoms with Gasteiger partial charge in [0.25, 0.3) is 0 Å². The van der Waals surface area contributed by atoms with Crippen molar-refractivity contribution in [3.05, 3.63) is 41.8 Å². The SMILES string of the molecule is CCO/C=C/c1ccc(C#N)c2c1ccn2C. The summed E-state index contributed by atoms with van der Waals surface area (Å²) >= 11 is 0. The summed E-state index contributed by atoms with van der Waals surface area (Å²) in [5, 5.41) is 10.1. The highest BCUT2D eigenvalue weighted by Crippen LogP contribution is 2.24. The third-order valence-corrected chi connectivity index (χ3v) is 2.70. The third kappa shape index (κ3) is 2.02. The van der Waals surface area contributed by atoms with Crippen LogP contribution < -0.4 is 0 Å². The zero-order valence-electron chi connectivity index (χ0n) is 9.97.